The monoisotopic (exact) mass is 339 g/mol. The molecule has 0 spiro atoms. The topological polar surface area (TPSA) is 113 Å². The molecule has 2 heterocycles. The number of benzene rings is 1. The number of hydrogen-bond acceptors (Lipinski definition) is 5. The van der Waals surface area contributed by atoms with Crippen LogP contribution >= 0.6 is 0 Å². The number of carbonyl (C=O) groups excluding carboxylic acids is 1. The Morgan fingerprint density at radius 3 is 2.68 bits per heavy atom. The van der Waals surface area contributed by atoms with E-state index >= 15 is 0 Å². The maximum atomic E-state index is 12.4. The van der Waals surface area contributed by atoms with Crippen LogP contribution in [0.2, 0.25) is 0 Å². The van der Waals surface area contributed by atoms with Gasteiger partial charge in [0.2, 0.25) is 5.95 Å². The average molecular weight is 339 g/mol. The van der Waals surface area contributed by atoms with Gasteiger partial charge < -0.3 is 15.4 Å². The fraction of sp³-hybridized carbons (Fsp3) is 0.176. The summed E-state index contributed by atoms with van der Waals surface area (Å²) in [6, 6.07) is 8.99. The Morgan fingerprint density at radius 1 is 1.28 bits per heavy atom. The van der Waals surface area contributed by atoms with E-state index in [1.54, 1.807) is 13.0 Å². The van der Waals surface area contributed by atoms with Gasteiger partial charge in [0.05, 0.1) is 5.69 Å². The molecule has 2 aromatic heterocycles. The molecule has 0 unspecified atom stereocenters. The first-order valence-corrected chi connectivity index (χ1v) is 7.74. The fourth-order valence-corrected chi connectivity index (χ4v) is 2.34. The van der Waals surface area contributed by atoms with Crippen molar-refractivity contribution in [3.05, 3.63) is 63.7 Å². The molecule has 0 aliphatic carbocycles. The first-order chi connectivity index (χ1) is 12.0. The summed E-state index contributed by atoms with van der Waals surface area (Å²) in [6.07, 6.45) is 0.639. The van der Waals surface area contributed by atoms with Gasteiger partial charge in [-0.1, -0.05) is 6.92 Å². The highest BCUT2D eigenvalue weighted by Gasteiger charge is 2.14. The SMILES string of the molecule is CCc1cc(=O)nc(-n2nc(C)cc2NC(=O)c2ccc(O)cc2)[nH]1. The molecule has 0 aliphatic rings. The Bertz CT molecular complexity index is 973. The molecule has 3 aromatic rings. The summed E-state index contributed by atoms with van der Waals surface area (Å²) in [4.78, 5) is 31.1. The van der Waals surface area contributed by atoms with E-state index in [9.17, 15) is 14.7 Å². The number of nitrogens with one attached hydrogen (secondary N) is 2. The molecule has 25 heavy (non-hydrogen) atoms. The minimum Gasteiger partial charge on any atom is -0.508 e. The van der Waals surface area contributed by atoms with Gasteiger partial charge in [-0.25, -0.2) is 0 Å². The Morgan fingerprint density at radius 2 is 2.00 bits per heavy atom. The molecule has 0 aliphatic heterocycles. The Hall–Kier alpha value is -3.42. The molecule has 0 atom stereocenters. The predicted octanol–water partition coefficient (Wildman–Crippen LogP) is 1.78. The summed E-state index contributed by atoms with van der Waals surface area (Å²) in [5.74, 6) is 0.330. The van der Waals surface area contributed by atoms with Crippen molar-refractivity contribution in [2.24, 2.45) is 0 Å². The van der Waals surface area contributed by atoms with E-state index in [0.29, 0.717) is 23.5 Å². The number of aromatic nitrogens is 4. The number of H-pyrrole nitrogens is 1. The van der Waals surface area contributed by atoms with Crippen molar-refractivity contribution in [3.8, 4) is 11.7 Å². The smallest absolute Gasteiger partial charge is 0.274 e. The van der Waals surface area contributed by atoms with Crippen LogP contribution in [0.5, 0.6) is 5.75 Å². The third-order valence-corrected chi connectivity index (χ3v) is 3.57. The van der Waals surface area contributed by atoms with Crippen LogP contribution < -0.4 is 10.9 Å². The van der Waals surface area contributed by atoms with Crippen LogP contribution in [0.1, 0.15) is 28.7 Å². The molecule has 3 rings (SSSR count). The molecule has 0 saturated heterocycles. The number of phenols is 1. The number of carbonyl (C=O) groups is 1. The lowest BCUT2D eigenvalue weighted by Gasteiger charge is -2.09. The van der Waals surface area contributed by atoms with E-state index in [-0.39, 0.29) is 23.2 Å². The number of hydrogen-bond donors (Lipinski definition) is 3. The fourth-order valence-electron chi connectivity index (χ4n) is 2.34. The van der Waals surface area contributed by atoms with Crippen molar-refractivity contribution in [2.45, 2.75) is 20.3 Å². The lowest BCUT2D eigenvalue weighted by molar-refractivity contribution is 0.102. The maximum absolute atomic E-state index is 12.4. The van der Waals surface area contributed by atoms with E-state index in [2.05, 4.69) is 20.4 Å². The largest absolute Gasteiger partial charge is 0.508 e. The second-order valence-corrected chi connectivity index (χ2v) is 5.51. The highest BCUT2D eigenvalue weighted by atomic mass is 16.3. The first kappa shape index (κ1) is 16.4. The van der Waals surface area contributed by atoms with Gasteiger partial charge in [0, 0.05) is 23.4 Å². The zero-order valence-corrected chi connectivity index (χ0v) is 13.8. The number of aryl methyl sites for hydroxylation is 2. The van der Waals surface area contributed by atoms with E-state index in [1.807, 2.05) is 6.92 Å². The second-order valence-electron chi connectivity index (χ2n) is 5.51. The van der Waals surface area contributed by atoms with E-state index < -0.39 is 0 Å². The molecule has 0 fully saturated rings. The predicted molar refractivity (Wildman–Crippen MR) is 92.2 cm³/mol. The quantitative estimate of drug-likeness (QED) is 0.671. The zero-order valence-electron chi connectivity index (χ0n) is 13.8. The van der Waals surface area contributed by atoms with Crippen molar-refractivity contribution < 1.29 is 9.90 Å². The minimum absolute atomic E-state index is 0.0793. The standard InChI is InChI=1S/C17H17N5O3/c1-3-12-9-15(24)20-17(18-12)22-14(8-10(2)21-22)19-16(25)11-4-6-13(23)7-5-11/h4-9,23H,3H2,1-2H3,(H,19,25)(H,18,20,24). The van der Waals surface area contributed by atoms with Crippen LogP contribution in [-0.2, 0) is 6.42 Å². The van der Waals surface area contributed by atoms with E-state index in [4.69, 9.17) is 0 Å². The van der Waals surface area contributed by atoms with Gasteiger partial charge in [-0.3, -0.25) is 9.59 Å². The number of phenolic OH excluding ortho intramolecular Hbond substituents is 1. The van der Waals surface area contributed by atoms with Crippen LogP contribution in [0.3, 0.4) is 0 Å². The van der Waals surface area contributed by atoms with Gasteiger partial charge in [-0.15, -0.1) is 0 Å². The Balaban J connectivity index is 1.96. The van der Waals surface area contributed by atoms with Crippen LogP contribution in [0.4, 0.5) is 5.82 Å². The summed E-state index contributed by atoms with van der Waals surface area (Å²) in [6.45, 7) is 3.69. The zero-order chi connectivity index (χ0) is 18.0. The van der Waals surface area contributed by atoms with Gasteiger partial charge in [-0.05, 0) is 37.6 Å². The Kier molecular flexibility index (Phi) is 4.34. The van der Waals surface area contributed by atoms with Crippen molar-refractivity contribution in [1.29, 1.82) is 0 Å². The molecule has 128 valence electrons. The molecule has 0 bridgehead atoms. The Labute approximate surface area is 143 Å². The second kappa shape index (κ2) is 6.60. The van der Waals surface area contributed by atoms with Gasteiger partial charge in [0.15, 0.2) is 0 Å². The lowest BCUT2D eigenvalue weighted by atomic mass is 10.2. The normalized spacial score (nSPS) is 10.6. The molecule has 1 aromatic carbocycles. The first-order valence-electron chi connectivity index (χ1n) is 7.74. The molecule has 0 saturated carbocycles. The third-order valence-electron chi connectivity index (χ3n) is 3.57. The summed E-state index contributed by atoms with van der Waals surface area (Å²) < 4.78 is 1.38. The molecule has 8 nitrogen and oxygen atoms in total. The number of nitrogens with zero attached hydrogens (tertiary/aromatic N) is 3. The summed E-state index contributed by atoms with van der Waals surface area (Å²) in [5.41, 5.74) is 1.38. The number of rotatable bonds is 4. The van der Waals surface area contributed by atoms with Gasteiger partial charge >= 0.3 is 0 Å². The van der Waals surface area contributed by atoms with Crippen molar-refractivity contribution >= 4 is 11.7 Å². The van der Waals surface area contributed by atoms with Crippen molar-refractivity contribution in [2.75, 3.05) is 5.32 Å². The molecule has 8 heteroatoms. The molecular weight excluding hydrogens is 322 g/mol. The average Bonchev–Trinajstić information content (AvgIpc) is 2.95. The van der Waals surface area contributed by atoms with Crippen molar-refractivity contribution in [3.63, 3.8) is 0 Å². The number of amides is 1. The minimum atomic E-state index is -0.380. The van der Waals surface area contributed by atoms with Gasteiger partial charge in [0.25, 0.3) is 11.5 Å². The van der Waals surface area contributed by atoms with Gasteiger partial charge in [0.1, 0.15) is 11.6 Å². The van der Waals surface area contributed by atoms with Crippen LogP contribution in [0, 0.1) is 6.92 Å². The maximum Gasteiger partial charge on any atom is 0.274 e. The lowest BCUT2D eigenvalue weighted by Crippen LogP contribution is -2.19. The summed E-state index contributed by atoms with van der Waals surface area (Å²) >= 11 is 0. The summed E-state index contributed by atoms with van der Waals surface area (Å²) in [5, 5.41) is 16.3. The highest BCUT2D eigenvalue weighted by molar-refractivity contribution is 6.04. The number of aromatic hydroxyl groups is 1. The van der Waals surface area contributed by atoms with Crippen LogP contribution in [-0.4, -0.2) is 30.8 Å². The van der Waals surface area contributed by atoms with E-state index in [0.717, 1.165) is 5.69 Å². The summed E-state index contributed by atoms with van der Waals surface area (Å²) in [7, 11) is 0. The molecule has 1 amide bonds. The molecule has 0 radical (unpaired) electrons. The number of anilines is 1. The molecule has 3 N–H and O–H groups in total. The number of aromatic amines is 1. The van der Waals surface area contributed by atoms with Crippen LogP contribution in [0.15, 0.2) is 41.2 Å². The third kappa shape index (κ3) is 3.57. The van der Waals surface area contributed by atoms with Crippen molar-refractivity contribution in [1.82, 2.24) is 19.7 Å². The molecular formula is C17H17N5O3. The van der Waals surface area contributed by atoms with Gasteiger partial charge in [-0.2, -0.15) is 14.8 Å². The van der Waals surface area contributed by atoms with E-state index in [1.165, 1.54) is 35.0 Å². The van der Waals surface area contributed by atoms with Crippen LogP contribution in [0.25, 0.3) is 5.95 Å². The highest BCUT2D eigenvalue weighted by Crippen LogP contribution is 2.16.